The molecule has 3 rings (SSSR count). The third-order valence-electron chi connectivity index (χ3n) is 3.96. The van der Waals surface area contributed by atoms with Crippen molar-refractivity contribution in [2.45, 2.75) is 0 Å². The highest BCUT2D eigenvalue weighted by molar-refractivity contribution is 7.12. The average Bonchev–Trinajstić information content (AvgIpc) is 3.28. The Bertz CT molecular complexity index is 715. The van der Waals surface area contributed by atoms with Gasteiger partial charge in [-0.25, -0.2) is 0 Å². The molecule has 2 N–H and O–H groups in total. The molecule has 24 heavy (non-hydrogen) atoms. The van der Waals surface area contributed by atoms with Gasteiger partial charge in [-0.2, -0.15) is 0 Å². The molecule has 1 aliphatic heterocycles. The van der Waals surface area contributed by atoms with Gasteiger partial charge in [0.2, 0.25) is 0 Å². The highest BCUT2D eigenvalue weighted by Gasteiger charge is 2.25. The van der Waals surface area contributed by atoms with Gasteiger partial charge in [0, 0.05) is 4.88 Å². The summed E-state index contributed by atoms with van der Waals surface area (Å²) in [5.41, 5.74) is 0.343. The second-order valence-electron chi connectivity index (χ2n) is 5.75. The molecule has 0 aromatic carbocycles. The first-order valence-electron chi connectivity index (χ1n) is 7.84. The fraction of sp³-hybridized carbons (Fsp3) is 0.294. The highest BCUT2D eigenvalue weighted by Crippen LogP contribution is 2.15. The number of carbonyl (C=O) groups excluding carboxylic acids is 2. The van der Waals surface area contributed by atoms with E-state index in [1.54, 1.807) is 23.5 Å². The molecule has 5 nitrogen and oxygen atoms in total. The van der Waals surface area contributed by atoms with Crippen LogP contribution in [0.3, 0.4) is 0 Å². The number of amides is 2. The molecule has 7 heteroatoms. The molecular formula is C17H20N3O2S2+. The lowest BCUT2D eigenvalue weighted by Gasteiger charge is -2.30. The monoisotopic (exact) mass is 362 g/mol. The van der Waals surface area contributed by atoms with Crippen molar-refractivity contribution in [3.8, 4) is 0 Å². The predicted molar refractivity (Wildman–Crippen MR) is 97.3 cm³/mol. The number of thiophene rings is 2. The van der Waals surface area contributed by atoms with Crippen molar-refractivity contribution < 1.29 is 14.5 Å². The van der Waals surface area contributed by atoms with E-state index in [0.717, 1.165) is 18.0 Å². The molecule has 1 saturated heterocycles. The number of piperazine rings is 1. The van der Waals surface area contributed by atoms with Crippen LogP contribution in [0.5, 0.6) is 0 Å². The fourth-order valence-corrected chi connectivity index (χ4v) is 3.80. The molecule has 0 saturated carbocycles. The van der Waals surface area contributed by atoms with Gasteiger partial charge in [-0.15, -0.1) is 22.7 Å². The average molecular weight is 363 g/mol. The van der Waals surface area contributed by atoms with E-state index in [1.165, 1.54) is 16.2 Å². The standard InChI is InChI=1S/C17H19N3O2S2/c1-19-6-8-20(9-7-19)17(22)14(12-13-4-2-10-23-13)18-16(21)15-5-3-11-24-15/h2-5,10-12H,6-9H2,1H3,(H,18,21)/p+1/b14-12+. The van der Waals surface area contributed by atoms with Gasteiger partial charge in [0.1, 0.15) is 5.70 Å². The van der Waals surface area contributed by atoms with E-state index in [9.17, 15) is 9.59 Å². The van der Waals surface area contributed by atoms with E-state index in [4.69, 9.17) is 0 Å². The van der Waals surface area contributed by atoms with Gasteiger partial charge in [0.15, 0.2) is 0 Å². The number of hydrogen-bond acceptors (Lipinski definition) is 4. The first-order chi connectivity index (χ1) is 11.6. The van der Waals surface area contributed by atoms with E-state index in [-0.39, 0.29) is 11.8 Å². The van der Waals surface area contributed by atoms with E-state index in [2.05, 4.69) is 12.4 Å². The summed E-state index contributed by atoms with van der Waals surface area (Å²) >= 11 is 2.90. The van der Waals surface area contributed by atoms with Crippen LogP contribution in [-0.4, -0.2) is 49.9 Å². The normalized spacial score (nSPS) is 16.2. The second-order valence-corrected chi connectivity index (χ2v) is 7.68. The molecular weight excluding hydrogens is 342 g/mol. The minimum absolute atomic E-state index is 0.110. The summed E-state index contributed by atoms with van der Waals surface area (Å²) in [5.74, 6) is -0.346. The van der Waals surface area contributed by atoms with Crippen LogP contribution < -0.4 is 10.2 Å². The lowest BCUT2D eigenvalue weighted by molar-refractivity contribution is -0.883. The van der Waals surface area contributed by atoms with Crippen LogP contribution in [0.25, 0.3) is 6.08 Å². The molecule has 3 heterocycles. The van der Waals surface area contributed by atoms with Crippen molar-refractivity contribution >= 4 is 40.6 Å². The maximum absolute atomic E-state index is 12.9. The number of rotatable bonds is 4. The van der Waals surface area contributed by atoms with Crippen LogP contribution >= 0.6 is 22.7 Å². The predicted octanol–water partition coefficient (Wildman–Crippen LogP) is 0.937. The van der Waals surface area contributed by atoms with E-state index < -0.39 is 0 Å². The zero-order valence-corrected chi connectivity index (χ0v) is 15.1. The fourth-order valence-electron chi connectivity index (χ4n) is 2.52. The minimum atomic E-state index is -0.235. The number of likely N-dealkylation sites (N-methyl/N-ethyl adjacent to an activating group) is 1. The number of carbonyl (C=O) groups is 2. The highest BCUT2D eigenvalue weighted by atomic mass is 32.1. The molecule has 1 fully saturated rings. The second kappa shape index (κ2) is 7.74. The Morgan fingerprint density at radius 2 is 1.88 bits per heavy atom. The van der Waals surface area contributed by atoms with Gasteiger partial charge in [-0.05, 0) is 29.0 Å². The molecule has 0 unspecified atom stereocenters. The van der Waals surface area contributed by atoms with E-state index in [0.29, 0.717) is 23.7 Å². The molecule has 126 valence electrons. The van der Waals surface area contributed by atoms with Gasteiger partial charge < -0.3 is 15.1 Å². The molecule has 0 spiro atoms. The Hall–Kier alpha value is -1.96. The van der Waals surface area contributed by atoms with Crippen LogP contribution in [0, 0.1) is 0 Å². The molecule has 2 aromatic heterocycles. The maximum atomic E-state index is 12.9. The van der Waals surface area contributed by atoms with Crippen LogP contribution in [0.1, 0.15) is 14.5 Å². The minimum Gasteiger partial charge on any atom is -0.334 e. The van der Waals surface area contributed by atoms with Gasteiger partial charge in [-0.3, -0.25) is 9.59 Å². The summed E-state index contributed by atoms with van der Waals surface area (Å²) in [6, 6.07) is 7.45. The summed E-state index contributed by atoms with van der Waals surface area (Å²) in [5, 5.41) is 6.61. The van der Waals surface area contributed by atoms with Gasteiger partial charge >= 0.3 is 0 Å². The molecule has 0 bridgehead atoms. The summed E-state index contributed by atoms with van der Waals surface area (Å²) in [4.78, 5) is 30.0. The Balaban J connectivity index is 1.79. The van der Waals surface area contributed by atoms with Crippen LogP contribution in [0.4, 0.5) is 0 Å². The number of quaternary nitrogens is 1. The van der Waals surface area contributed by atoms with Gasteiger partial charge in [0.25, 0.3) is 11.8 Å². The largest absolute Gasteiger partial charge is 0.334 e. The van der Waals surface area contributed by atoms with Crippen LogP contribution in [0.15, 0.2) is 40.7 Å². The first-order valence-corrected chi connectivity index (χ1v) is 9.60. The van der Waals surface area contributed by atoms with E-state index >= 15 is 0 Å². The zero-order chi connectivity index (χ0) is 16.9. The molecule has 2 amide bonds. The van der Waals surface area contributed by atoms with Crippen molar-refractivity contribution in [1.29, 1.82) is 0 Å². The van der Waals surface area contributed by atoms with Crippen molar-refractivity contribution in [2.24, 2.45) is 0 Å². The lowest BCUT2D eigenvalue weighted by atomic mass is 10.2. The number of nitrogens with zero attached hydrogens (tertiary/aromatic N) is 1. The summed E-state index contributed by atoms with van der Waals surface area (Å²) in [6.07, 6.45) is 1.77. The van der Waals surface area contributed by atoms with Gasteiger partial charge in [0.05, 0.1) is 38.1 Å². The van der Waals surface area contributed by atoms with Gasteiger partial charge in [-0.1, -0.05) is 12.1 Å². The van der Waals surface area contributed by atoms with Crippen molar-refractivity contribution in [3.63, 3.8) is 0 Å². The topological polar surface area (TPSA) is 53.9 Å². The van der Waals surface area contributed by atoms with Crippen molar-refractivity contribution in [2.75, 3.05) is 33.2 Å². The molecule has 1 aliphatic rings. The number of hydrogen-bond donors (Lipinski definition) is 2. The maximum Gasteiger partial charge on any atom is 0.270 e. The molecule has 2 aromatic rings. The third kappa shape index (κ3) is 4.11. The number of nitrogens with one attached hydrogen (secondary N) is 2. The third-order valence-corrected chi connectivity index (χ3v) is 5.65. The summed E-state index contributed by atoms with van der Waals surface area (Å²) < 4.78 is 0. The summed E-state index contributed by atoms with van der Waals surface area (Å²) in [6.45, 7) is 3.27. The SMILES string of the molecule is C[NH+]1CCN(C(=O)/C(=C\c2cccs2)NC(=O)c2cccs2)CC1. The summed E-state index contributed by atoms with van der Waals surface area (Å²) in [7, 11) is 2.13. The molecule has 0 atom stereocenters. The smallest absolute Gasteiger partial charge is 0.270 e. The molecule has 0 aliphatic carbocycles. The molecule has 0 radical (unpaired) electrons. The Kier molecular flexibility index (Phi) is 5.44. The van der Waals surface area contributed by atoms with Crippen molar-refractivity contribution in [3.05, 3.63) is 50.5 Å². The Morgan fingerprint density at radius 1 is 1.17 bits per heavy atom. The Labute approximate surface area is 149 Å². The first kappa shape index (κ1) is 16.9. The van der Waals surface area contributed by atoms with Crippen LogP contribution in [0.2, 0.25) is 0 Å². The zero-order valence-electron chi connectivity index (χ0n) is 13.5. The van der Waals surface area contributed by atoms with Crippen molar-refractivity contribution in [1.82, 2.24) is 10.2 Å². The Morgan fingerprint density at radius 3 is 2.50 bits per heavy atom. The lowest BCUT2D eigenvalue weighted by Crippen LogP contribution is -3.12. The van der Waals surface area contributed by atoms with Crippen LogP contribution in [-0.2, 0) is 4.79 Å². The van der Waals surface area contributed by atoms with E-state index in [1.807, 2.05) is 33.9 Å². The quantitative estimate of drug-likeness (QED) is 0.796.